The zero-order chi connectivity index (χ0) is 15.5. The van der Waals surface area contributed by atoms with E-state index in [0.717, 1.165) is 4.70 Å². The minimum atomic E-state index is -0.448. The van der Waals surface area contributed by atoms with Crippen molar-refractivity contribution in [2.24, 2.45) is 0 Å². The molecule has 7 heteroatoms. The second-order valence-corrected chi connectivity index (χ2v) is 6.60. The van der Waals surface area contributed by atoms with Gasteiger partial charge in [-0.15, -0.1) is 0 Å². The molecule has 1 aromatic carbocycles. The van der Waals surface area contributed by atoms with E-state index >= 15 is 0 Å². The Morgan fingerprint density at radius 1 is 1.43 bits per heavy atom. The number of nitrogens with one attached hydrogen (secondary N) is 2. The maximum Gasteiger partial charge on any atom is 0.407 e. The molecular formula is C14H18FN3O2S. The molecule has 114 valence electrons. The summed E-state index contributed by atoms with van der Waals surface area (Å²) < 4.78 is 19.0. The molecule has 21 heavy (non-hydrogen) atoms. The van der Waals surface area contributed by atoms with E-state index in [0.29, 0.717) is 17.2 Å². The van der Waals surface area contributed by atoms with Crippen LogP contribution in [0.3, 0.4) is 0 Å². The highest BCUT2D eigenvalue weighted by atomic mass is 32.1. The van der Waals surface area contributed by atoms with Gasteiger partial charge in [-0.05, 0) is 32.9 Å². The van der Waals surface area contributed by atoms with Gasteiger partial charge in [0, 0.05) is 11.6 Å². The largest absolute Gasteiger partial charge is 0.448 e. The van der Waals surface area contributed by atoms with Gasteiger partial charge in [-0.25, -0.2) is 14.2 Å². The van der Waals surface area contributed by atoms with Gasteiger partial charge in [-0.3, -0.25) is 0 Å². The molecule has 0 aliphatic carbocycles. The van der Waals surface area contributed by atoms with Gasteiger partial charge in [0.15, 0.2) is 5.13 Å². The number of carbonyl (C=O) groups is 1. The summed E-state index contributed by atoms with van der Waals surface area (Å²) in [5, 5.41) is 6.43. The van der Waals surface area contributed by atoms with E-state index in [1.807, 2.05) is 20.8 Å². The average Bonchev–Trinajstić information content (AvgIpc) is 2.74. The minimum Gasteiger partial charge on any atom is -0.448 e. The molecule has 0 atom stereocenters. The summed E-state index contributed by atoms with van der Waals surface area (Å²) in [5.41, 5.74) is 0.302. The summed E-state index contributed by atoms with van der Waals surface area (Å²) in [4.78, 5) is 15.7. The lowest BCUT2D eigenvalue weighted by molar-refractivity contribution is 0.142. The third kappa shape index (κ3) is 4.86. The quantitative estimate of drug-likeness (QED) is 0.850. The van der Waals surface area contributed by atoms with Crippen LogP contribution in [0.25, 0.3) is 10.2 Å². The maximum absolute atomic E-state index is 13.1. The van der Waals surface area contributed by atoms with Gasteiger partial charge in [0.1, 0.15) is 12.4 Å². The molecule has 0 saturated heterocycles. The van der Waals surface area contributed by atoms with Crippen molar-refractivity contribution < 1.29 is 13.9 Å². The predicted molar refractivity (Wildman–Crippen MR) is 82.3 cm³/mol. The lowest BCUT2D eigenvalue weighted by Crippen LogP contribution is -2.41. The van der Waals surface area contributed by atoms with Crippen molar-refractivity contribution in [3.05, 3.63) is 24.0 Å². The predicted octanol–water partition coefficient (Wildman–Crippen LogP) is 3.37. The van der Waals surface area contributed by atoms with E-state index in [4.69, 9.17) is 4.74 Å². The fourth-order valence-electron chi connectivity index (χ4n) is 1.62. The van der Waals surface area contributed by atoms with Gasteiger partial charge >= 0.3 is 6.09 Å². The number of benzene rings is 1. The molecule has 2 N–H and O–H groups in total. The van der Waals surface area contributed by atoms with Crippen molar-refractivity contribution in [3.8, 4) is 0 Å². The number of alkyl carbamates (subject to hydrolysis) is 1. The first kappa shape index (κ1) is 15.5. The Balaban J connectivity index is 1.79. The van der Waals surface area contributed by atoms with Crippen molar-refractivity contribution in [1.82, 2.24) is 10.3 Å². The molecule has 0 saturated carbocycles. The van der Waals surface area contributed by atoms with Crippen LogP contribution in [0.2, 0.25) is 0 Å². The number of halogens is 1. The summed E-state index contributed by atoms with van der Waals surface area (Å²) in [7, 11) is 0. The van der Waals surface area contributed by atoms with Crippen LogP contribution in [-0.4, -0.2) is 29.8 Å². The third-order valence-electron chi connectivity index (χ3n) is 2.44. The standard InChI is InChI=1S/C14H18FN3O2S/c1-14(2,3)18-13(19)20-7-6-16-12-17-10-8-9(15)4-5-11(10)21-12/h4-5,8H,6-7H2,1-3H3,(H,16,17)(H,18,19). The molecule has 1 aromatic heterocycles. The molecule has 0 unspecified atom stereocenters. The van der Waals surface area contributed by atoms with Crippen LogP contribution >= 0.6 is 11.3 Å². The highest BCUT2D eigenvalue weighted by Crippen LogP contribution is 2.26. The summed E-state index contributed by atoms with van der Waals surface area (Å²) in [6.07, 6.45) is -0.448. The first-order chi connectivity index (χ1) is 9.83. The zero-order valence-corrected chi connectivity index (χ0v) is 13.0. The van der Waals surface area contributed by atoms with Crippen molar-refractivity contribution >= 4 is 32.8 Å². The summed E-state index contributed by atoms with van der Waals surface area (Å²) in [6, 6.07) is 4.50. The number of aromatic nitrogens is 1. The van der Waals surface area contributed by atoms with Gasteiger partial charge in [0.25, 0.3) is 0 Å². The number of hydrogen-bond donors (Lipinski definition) is 2. The third-order valence-corrected chi connectivity index (χ3v) is 3.43. The molecule has 0 spiro atoms. The van der Waals surface area contributed by atoms with Crippen LogP contribution in [-0.2, 0) is 4.74 Å². The van der Waals surface area contributed by atoms with E-state index < -0.39 is 6.09 Å². The number of amides is 1. The summed E-state index contributed by atoms with van der Waals surface area (Å²) in [5.74, 6) is -0.304. The monoisotopic (exact) mass is 311 g/mol. The van der Waals surface area contributed by atoms with Crippen LogP contribution in [0.5, 0.6) is 0 Å². The smallest absolute Gasteiger partial charge is 0.407 e. The topological polar surface area (TPSA) is 63.2 Å². The number of hydrogen-bond acceptors (Lipinski definition) is 5. The Morgan fingerprint density at radius 2 is 2.19 bits per heavy atom. The van der Waals surface area contributed by atoms with Gasteiger partial charge in [-0.1, -0.05) is 11.3 Å². The van der Waals surface area contributed by atoms with Crippen LogP contribution in [0.15, 0.2) is 18.2 Å². The highest BCUT2D eigenvalue weighted by molar-refractivity contribution is 7.22. The molecular weight excluding hydrogens is 293 g/mol. The normalized spacial score (nSPS) is 11.4. The van der Waals surface area contributed by atoms with Crippen molar-refractivity contribution in [2.75, 3.05) is 18.5 Å². The Morgan fingerprint density at radius 3 is 2.90 bits per heavy atom. The van der Waals surface area contributed by atoms with E-state index in [-0.39, 0.29) is 18.0 Å². The van der Waals surface area contributed by atoms with E-state index in [9.17, 15) is 9.18 Å². The summed E-state index contributed by atoms with van der Waals surface area (Å²) >= 11 is 1.43. The van der Waals surface area contributed by atoms with Gasteiger partial charge in [0.05, 0.1) is 16.8 Å². The number of fused-ring (bicyclic) bond motifs is 1. The second kappa shape index (κ2) is 6.26. The lowest BCUT2D eigenvalue weighted by atomic mass is 10.1. The summed E-state index contributed by atoms with van der Waals surface area (Å²) in [6.45, 7) is 6.32. The van der Waals surface area contributed by atoms with Gasteiger partial charge in [0.2, 0.25) is 0 Å². The van der Waals surface area contributed by atoms with Crippen LogP contribution in [0.4, 0.5) is 14.3 Å². The Hall–Kier alpha value is -1.89. The van der Waals surface area contributed by atoms with E-state index in [2.05, 4.69) is 15.6 Å². The average molecular weight is 311 g/mol. The van der Waals surface area contributed by atoms with Crippen molar-refractivity contribution in [3.63, 3.8) is 0 Å². The number of rotatable bonds is 4. The number of ether oxygens (including phenoxy) is 1. The molecule has 0 fully saturated rings. The molecule has 5 nitrogen and oxygen atoms in total. The number of nitrogens with zero attached hydrogens (tertiary/aromatic N) is 1. The molecule has 0 aliphatic rings. The molecule has 0 bridgehead atoms. The van der Waals surface area contributed by atoms with E-state index in [1.165, 1.54) is 23.5 Å². The number of thiazole rings is 1. The molecule has 1 amide bonds. The molecule has 0 aliphatic heterocycles. The second-order valence-electron chi connectivity index (χ2n) is 5.57. The minimum absolute atomic E-state index is 0.228. The van der Waals surface area contributed by atoms with Gasteiger partial charge < -0.3 is 15.4 Å². The van der Waals surface area contributed by atoms with Crippen molar-refractivity contribution in [1.29, 1.82) is 0 Å². The molecule has 1 heterocycles. The highest BCUT2D eigenvalue weighted by Gasteiger charge is 2.14. The van der Waals surface area contributed by atoms with Crippen LogP contribution in [0.1, 0.15) is 20.8 Å². The van der Waals surface area contributed by atoms with Crippen LogP contribution < -0.4 is 10.6 Å². The van der Waals surface area contributed by atoms with Crippen molar-refractivity contribution in [2.45, 2.75) is 26.3 Å². The lowest BCUT2D eigenvalue weighted by Gasteiger charge is -2.19. The maximum atomic E-state index is 13.1. The molecule has 2 rings (SSSR count). The number of anilines is 1. The SMILES string of the molecule is CC(C)(C)NC(=O)OCCNc1nc2cc(F)ccc2s1. The van der Waals surface area contributed by atoms with E-state index in [1.54, 1.807) is 6.07 Å². The fourth-order valence-corrected chi connectivity index (χ4v) is 2.49. The Kier molecular flexibility index (Phi) is 4.62. The van der Waals surface area contributed by atoms with Gasteiger partial charge in [-0.2, -0.15) is 0 Å². The first-order valence-corrected chi connectivity index (χ1v) is 7.40. The molecule has 0 radical (unpaired) electrons. The number of carbonyl (C=O) groups excluding carboxylic acids is 1. The fraction of sp³-hybridized carbons (Fsp3) is 0.429. The Labute approximate surface area is 126 Å². The molecule has 2 aromatic rings. The zero-order valence-electron chi connectivity index (χ0n) is 12.2. The van der Waals surface area contributed by atoms with Crippen LogP contribution in [0, 0.1) is 5.82 Å². The first-order valence-electron chi connectivity index (χ1n) is 6.58. The Bertz CT molecular complexity index is 637.